The second-order valence-corrected chi connectivity index (χ2v) is 4.81. The van der Waals surface area contributed by atoms with E-state index in [1.54, 1.807) is 13.2 Å². The van der Waals surface area contributed by atoms with Crippen molar-refractivity contribution in [2.45, 2.75) is 25.7 Å². The molecule has 2 N–H and O–H groups in total. The summed E-state index contributed by atoms with van der Waals surface area (Å²) in [4.78, 5) is 0. The lowest BCUT2D eigenvalue weighted by molar-refractivity contribution is 0.328. The van der Waals surface area contributed by atoms with Crippen LogP contribution < -0.4 is 10.1 Å². The highest BCUT2D eigenvalue weighted by molar-refractivity contribution is 5.42. The summed E-state index contributed by atoms with van der Waals surface area (Å²) < 4.78 is 5.16. The van der Waals surface area contributed by atoms with Crippen molar-refractivity contribution in [1.82, 2.24) is 5.32 Å². The molecule has 17 heavy (non-hydrogen) atoms. The summed E-state index contributed by atoms with van der Waals surface area (Å²) in [5, 5.41) is 13.0. The third-order valence-corrected chi connectivity index (χ3v) is 3.82. The molecule has 0 saturated carbocycles. The van der Waals surface area contributed by atoms with Gasteiger partial charge in [0.2, 0.25) is 0 Å². The van der Waals surface area contributed by atoms with Crippen molar-refractivity contribution >= 4 is 0 Å². The summed E-state index contributed by atoms with van der Waals surface area (Å²) in [5.41, 5.74) is 1.26. The van der Waals surface area contributed by atoms with Gasteiger partial charge in [-0.15, -0.1) is 0 Å². The molecule has 0 spiro atoms. The molecule has 1 aliphatic rings. The van der Waals surface area contributed by atoms with E-state index < -0.39 is 0 Å². The molecule has 1 aliphatic heterocycles. The SMILES string of the molecule is COc1cc(C(C)C2CCNCC2)ccc1O. The van der Waals surface area contributed by atoms with Crippen molar-refractivity contribution in [3.05, 3.63) is 23.8 Å². The van der Waals surface area contributed by atoms with Gasteiger partial charge in [-0.3, -0.25) is 0 Å². The Morgan fingerprint density at radius 3 is 2.71 bits per heavy atom. The topological polar surface area (TPSA) is 41.5 Å². The zero-order valence-electron chi connectivity index (χ0n) is 10.6. The molecule has 3 heteroatoms. The van der Waals surface area contributed by atoms with Gasteiger partial charge in [0.1, 0.15) is 0 Å². The summed E-state index contributed by atoms with van der Waals surface area (Å²) >= 11 is 0. The highest BCUT2D eigenvalue weighted by Gasteiger charge is 2.21. The van der Waals surface area contributed by atoms with Crippen molar-refractivity contribution in [2.24, 2.45) is 5.92 Å². The van der Waals surface area contributed by atoms with Crippen LogP contribution in [0.4, 0.5) is 0 Å². The van der Waals surface area contributed by atoms with Crippen LogP contribution >= 0.6 is 0 Å². The Bertz CT molecular complexity index is 372. The van der Waals surface area contributed by atoms with Gasteiger partial charge in [0, 0.05) is 0 Å². The molecule has 1 heterocycles. The molecular weight excluding hydrogens is 214 g/mol. The van der Waals surface area contributed by atoms with E-state index in [1.807, 2.05) is 12.1 Å². The predicted molar refractivity (Wildman–Crippen MR) is 68.7 cm³/mol. The van der Waals surface area contributed by atoms with Crippen LogP contribution in [0.2, 0.25) is 0 Å². The number of piperidine rings is 1. The third kappa shape index (κ3) is 2.72. The second-order valence-electron chi connectivity index (χ2n) is 4.81. The molecule has 2 rings (SSSR count). The summed E-state index contributed by atoms with van der Waals surface area (Å²) in [6.45, 7) is 4.50. The zero-order chi connectivity index (χ0) is 12.3. The fourth-order valence-electron chi connectivity index (χ4n) is 2.59. The first-order valence-corrected chi connectivity index (χ1v) is 6.30. The second kappa shape index (κ2) is 5.41. The van der Waals surface area contributed by atoms with Crippen LogP contribution in [0.3, 0.4) is 0 Å². The number of aromatic hydroxyl groups is 1. The number of nitrogens with one attached hydrogen (secondary N) is 1. The molecule has 1 atom stereocenters. The molecule has 0 aliphatic carbocycles. The van der Waals surface area contributed by atoms with E-state index in [0.29, 0.717) is 11.7 Å². The summed E-state index contributed by atoms with van der Waals surface area (Å²) in [6, 6.07) is 5.69. The Hall–Kier alpha value is -1.22. The van der Waals surface area contributed by atoms with E-state index in [9.17, 15) is 5.11 Å². The van der Waals surface area contributed by atoms with Crippen LogP contribution in [0.25, 0.3) is 0 Å². The van der Waals surface area contributed by atoms with Crippen molar-refractivity contribution in [3.63, 3.8) is 0 Å². The van der Waals surface area contributed by atoms with Gasteiger partial charge in [-0.25, -0.2) is 0 Å². The lowest BCUT2D eigenvalue weighted by atomic mass is 9.82. The first-order valence-electron chi connectivity index (χ1n) is 6.30. The number of rotatable bonds is 3. The monoisotopic (exact) mass is 235 g/mol. The van der Waals surface area contributed by atoms with Gasteiger partial charge in [-0.1, -0.05) is 13.0 Å². The maximum absolute atomic E-state index is 9.59. The minimum absolute atomic E-state index is 0.216. The number of benzene rings is 1. The molecule has 0 radical (unpaired) electrons. The number of hydrogen-bond donors (Lipinski definition) is 2. The standard InChI is InChI=1S/C14H21NO2/c1-10(11-5-7-15-8-6-11)12-3-4-13(16)14(9-12)17-2/h3-4,9-11,15-16H,5-8H2,1-2H3. The zero-order valence-corrected chi connectivity index (χ0v) is 10.6. The van der Waals surface area contributed by atoms with Gasteiger partial charge in [0.15, 0.2) is 11.5 Å². The van der Waals surface area contributed by atoms with Crippen molar-refractivity contribution in [3.8, 4) is 11.5 Å². The fraction of sp³-hybridized carbons (Fsp3) is 0.571. The van der Waals surface area contributed by atoms with Crippen LogP contribution in [-0.2, 0) is 0 Å². The first kappa shape index (κ1) is 12.2. The molecule has 0 bridgehead atoms. The summed E-state index contributed by atoms with van der Waals surface area (Å²) in [7, 11) is 1.59. The first-order chi connectivity index (χ1) is 8.22. The van der Waals surface area contributed by atoms with E-state index in [0.717, 1.165) is 19.0 Å². The van der Waals surface area contributed by atoms with Crippen LogP contribution in [-0.4, -0.2) is 25.3 Å². The largest absolute Gasteiger partial charge is 0.504 e. The van der Waals surface area contributed by atoms with Crippen LogP contribution in [0.5, 0.6) is 11.5 Å². The number of hydrogen-bond acceptors (Lipinski definition) is 3. The Morgan fingerprint density at radius 1 is 1.35 bits per heavy atom. The maximum Gasteiger partial charge on any atom is 0.160 e. The average Bonchev–Trinajstić information content (AvgIpc) is 2.39. The molecule has 94 valence electrons. The molecule has 1 fully saturated rings. The molecule has 0 amide bonds. The predicted octanol–water partition coefficient (Wildman–Crippen LogP) is 2.50. The van der Waals surface area contributed by atoms with Gasteiger partial charge >= 0.3 is 0 Å². The van der Waals surface area contributed by atoms with Gasteiger partial charge < -0.3 is 15.2 Å². The quantitative estimate of drug-likeness (QED) is 0.845. The number of phenols is 1. The van der Waals surface area contributed by atoms with Crippen LogP contribution in [0, 0.1) is 5.92 Å². The molecule has 3 nitrogen and oxygen atoms in total. The molecular formula is C14H21NO2. The average molecular weight is 235 g/mol. The van der Waals surface area contributed by atoms with Crippen LogP contribution in [0.1, 0.15) is 31.2 Å². The van der Waals surface area contributed by atoms with E-state index in [2.05, 4.69) is 12.2 Å². The molecule has 1 unspecified atom stereocenters. The Labute approximate surface area is 103 Å². The highest BCUT2D eigenvalue weighted by Crippen LogP contribution is 2.35. The lowest BCUT2D eigenvalue weighted by Crippen LogP contribution is -2.30. The van der Waals surface area contributed by atoms with Crippen molar-refractivity contribution < 1.29 is 9.84 Å². The van der Waals surface area contributed by atoms with E-state index in [4.69, 9.17) is 4.74 Å². The number of methoxy groups -OCH3 is 1. The number of phenolic OH excluding ortho intramolecular Hbond substituents is 1. The van der Waals surface area contributed by atoms with Gasteiger partial charge in [0.25, 0.3) is 0 Å². The van der Waals surface area contributed by atoms with E-state index >= 15 is 0 Å². The Kier molecular flexibility index (Phi) is 3.89. The van der Waals surface area contributed by atoms with Crippen molar-refractivity contribution in [2.75, 3.05) is 20.2 Å². The Balaban J connectivity index is 2.15. The summed E-state index contributed by atoms with van der Waals surface area (Å²) in [6.07, 6.45) is 2.45. The smallest absolute Gasteiger partial charge is 0.160 e. The van der Waals surface area contributed by atoms with Gasteiger partial charge in [-0.2, -0.15) is 0 Å². The Morgan fingerprint density at radius 2 is 2.06 bits per heavy atom. The number of ether oxygens (including phenoxy) is 1. The van der Waals surface area contributed by atoms with E-state index in [-0.39, 0.29) is 5.75 Å². The lowest BCUT2D eigenvalue weighted by Gasteiger charge is -2.28. The normalized spacial score (nSPS) is 18.9. The minimum atomic E-state index is 0.216. The van der Waals surface area contributed by atoms with Gasteiger partial charge in [0.05, 0.1) is 7.11 Å². The highest BCUT2D eigenvalue weighted by atomic mass is 16.5. The van der Waals surface area contributed by atoms with Crippen molar-refractivity contribution in [1.29, 1.82) is 0 Å². The summed E-state index contributed by atoms with van der Waals surface area (Å²) in [5.74, 6) is 2.04. The van der Waals surface area contributed by atoms with Crippen LogP contribution in [0.15, 0.2) is 18.2 Å². The molecule has 1 aromatic carbocycles. The van der Waals surface area contributed by atoms with Gasteiger partial charge in [-0.05, 0) is 55.5 Å². The van der Waals surface area contributed by atoms with E-state index in [1.165, 1.54) is 18.4 Å². The minimum Gasteiger partial charge on any atom is -0.504 e. The maximum atomic E-state index is 9.59. The fourth-order valence-corrected chi connectivity index (χ4v) is 2.59. The molecule has 1 saturated heterocycles. The molecule has 1 aromatic rings. The molecule has 0 aromatic heterocycles. The third-order valence-electron chi connectivity index (χ3n) is 3.82.